The lowest BCUT2D eigenvalue weighted by Crippen LogP contribution is -1.97. The Morgan fingerprint density at radius 1 is 1.40 bits per heavy atom. The molecule has 0 amide bonds. The summed E-state index contributed by atoms with van der Waals surface area (Å²) >= 11 is 7.03. The van der Waals surface area contributed by atoms with Gasteiger partial charge in [-0.05, 0) is 23.9 Å². The normalized spacial score (nSPS) is 10.8. The Bertz CT molecular complexity index is 455. The molecule has 80 valence electrons. The zero-order chi connectivity index (χ0) is 10.7. The standard InChI is InChI=1S/C11H10ClFOS/c12-3-1-4-14-8-6-10(13)9-2-5-15-11(9)7-8/h2,5-7H,1,3-4H2. The predicted octanol–water partition coefficient (Wildman–Crippen LogP) is 4.05. The summed E-state index contributed by atoms with van der Waals surface area (Å²) in [6, 6.07) is 5.05. The Labute approximate surface area is 96.4 Å². The first kappa shape index (κ1) is 10.7. The van der Waals surface area contributed by atoms with Gasteiger partial charge in [0.2, 0.25) is 0 Å². The van der Waals surface area contributed by atoms with E-state index in [1.54, 1.807) is 6.07 Å². The molecule has 0 spiro atoms. The summed E-state index contributed by atoms with van der Waals surface area (Å²) in [4.78, 5) is 0. The van der Waals surface area contributed by atoms with Crippen molar-refractivity contribution < 1.29 is 9.13 Å². The fourth-order valence-corrected chi connectivity index (χ4v) is 2.27. The van der Waals surface area contributed by atoms with Crippen molar-refractivity contribution in [2.45, 2.75) is 6.42 Å². The van der Waals surface area contributed by atoms with E-state index in [1.807, 2.05) is 11.4 Å². The van der Waals surface area contributed by atoms with Crippen LogP contribution in [0.5, 0.6) is 5.75 Å². The van der Waals surface area contributed by atoms with E-state index in [1.165, 1.54) is 17.4 Å². The maximum Gasteiger partial charge on any atom is 0.135 e. The van der Waals surface area contributed by atoms with Crippen LogP contribution in [0.15, 0.2) is 23.6 Å². The Balaban J connectivity index is 2.21. The van der Waals surface area contributed by atoms with Crippen LogP contribution in [0.3, 0.4) is 0 Å². The van der Waals surface area contributed by atoms with Crippen LogP contribution < -0.4 is 4.74 Å². The molecule has 1 nitrogen and oxygen atoms in total. The third-order valence-electron chi connectivity index (χ3n) is 2.04. The van der Waals surface area contributed by atoms with Crippen molar-refractivity contribution >= 4 is 33.0 Å². The van der Waals surface area contributed by atoms with E-state index in [-0.39, 0.29) is 5.82 Å². The van der Waals surface area contributed by atoms with Crippen molar-refractivity contribution in [2.24, 2.45) is 0 Å². The second-order valence-electron chi connectivity index (χ2n) is 3.13. The summed E-state index contributed by atoms with van der Waals surface area (Å²) in [5, 5.41) is 2.53. The molecule has 0 saturated heterocycles. The Hall–Kier alpha value is -0.800. The largest absolute Gasteiger partial charge is 0.493 e. The minimum absolute atomic E-state index is 0.227. The molecular weight excluding hydrogens is 235 g/mol. The fraction of sp³-hybridized carbons (Fsp3) is 0.273. The van der Waals surface area contributed by atoms with Gasteiger partial charge in [-0.2, -0.15) is 0 Å². The van der Waals surface area contributed by atoms with Gasteiger partial charge in [-0.3, -0.25) is 0 Å². The van der Waals surface area contributed by atoms with E-state index in [9.17, 15) is 4.39 Å². The highest BCUT2D eigenvalue weighted by Gasteiger charge is 2.05. The summed E-state index contributed by atoms with van der Waals surface area (Å²) in [5.74, 6) is 0.909. The van der Waals surface area contributed by atoms with E-state index in [4.69, 9.17) is 16.3 Å². The first-order valence-corrected chi connectivity index (χ1v) is 6.08. The molecule has 4 heteroatoms. The highest BCUT2D eigenvalue weighted by molar-refractivity contribution is 7.17. The number of halogens is 2. The van der Waals surface area contributed by atoms with Crippen molar-refractivity contribution in [3.05, 3.63) is 29.4 Å². The highest BCUT2D eigenvalue weighted by Crippen LogP contribution is 2.28. The molecule has 0 bridgehead atoms. The third-order valence-corrected chi connectivity index (χ3v) is 3.17. The van der Waals surface area contributed by atoms with Crippen LogP contribution in [0.25, 0.3) is 10.1 Å². The zero-order valence-corrected chi connectivity index (χ0v) is 9.58. The van der Waals surface area contributed by atoms with Gasteiger partial charge in [-0.1, -0.05) is 0 Å². The molecule has 0 radical (unpaired) electrons. The number of ether oxygens (including phenoxy) is 1. The molecule has 0 aliphatic carbocycles. The van der Waals surface area contributed by atoms with Gasteiger partial charge in [0.25, 0.3) is 0 Å². The molecule has 1 aromatic carbocycles. The van der Waals surface area contributed by atoms with Crippen molar-refractivity contribution in [2.75, 3.05) is 12.5 Å². The SMILES string of the molecule is Fc1cc(OCCCCl)cc2sccc12. The van der Waals surface area contributed by atoms with Crippen LogP contribution in [0.4, 0.5) is 4.39 Å². The topological polar surface area (TPSA) is 9.23 Å². The molecule has 0 fully saturated rings. The molecule has 2 aromatic rings. The quantitative estimate of drug-likeness (QED) is 0.582. The Morgan fingerprint density at radius 3 is 3.07 bits per heavy atom. The van der Waals surface area contributed by atoms with Crippen LogP contribution >= 0.6 is 22.9 Å². The Kier molecular flexibility index (Phi) is 3.44. The lowest BCUT2D eigenvalue weighted by atomic mass is 10.2. The molecule has 0 unspecified atom stereocenters. The maximum absolute atomic E-state index is 13.5. The van der Waals surface area contributed by atoms with Crippen molar-refractivity contribution in [1.82, 2.24) is 0 Å². The van der Waals surface area contributed by atoms with E-state index >= 15 is 0 Å². The van der Waals surface area contributed by atoms with Crippen molar-refractivity contribution in [3.63, 3.8) is 0 Å². The molecule has 0 aliphatic rings. The molecule has 15 heavy (non-hydrogen) atoms. The molecule has 1 aromatic heterocycles. The third kappa shape index (κ3) is 2.41. The van der Waals surface area contributed by atoms with Crippen molar-refractivity contribution in [3.8, 4) is 5.75 Å². The minimum atomic E-state index is -0.227. The number of thiophene rings is 1. The number of rotatable bonds is 4. The summed E-state index contributed by atoms with van der Waals surface area (Å²) in [5.41, 5.74) is 0. The lowest BCUT2D eigenvalue weighted by Gasteiger charge is -2.05. The molecule has 2 rings (SSSR count). The average molecular weight is 245 g/mol. The summed E-state index contributed by atoms with van der Waals surface area (Å²) < 4.78 is 19.8. The van der Waals surface area contributed by atoms with Gasteiger partial charge in [-0.15, -0.1) is 22.9 Å². The van der Waals surface area contributed by atoms with Crippen LogP contribution in [0.1, 0.15) is 6.42 Å². The van der Waals surface area contributed by atoms with Crippen LogP contribution in [0.2, 0.25) is 0 Å². The fourth-order valence-electron chi connectivity index (χ4n) is 1.33. The summed E-state index contributed by atoms with van der Waals surface area (Å²) in [7, 11) is 0. The Morgan fingerprint density at radius 2 is 2.27 bits per heavy atom. The predicted molar refractivity (Wildman–Crippen MR) is 62.6 cm³/mol. The first-order valence-electron chi connectivity index (χ1n) is 4.67. The lowest BCUT2D eigenvalue weighted by molar-refractivity contribution is 0.317. The molecular formula is C11H10ClFOS. The number of alkyl halides is 1. The van der Waals surface area contributed by atoms with Gasteiger partial charge in [0.15, 0.2) is 0 Å². The second kappa shape index (κ2) is 4.81. The monoisotopic (exact) mass is 244 g/mol. The molecule has 0 N–H and O–H groups in total. The van der Waals surface area contributed by atoms with Crippen LogP contribution in [-0.4, -0.2) is 12.5 Å². The summed E-state index contributed by atoms with van der Waals surface area (Å²) in [6.45, 7) is 0.528. The number of hydrogen-bond donors (Lipinski definition) is 0. The highest BCUT2D eigenvalue weighted by atomic mass is 35.5. The van der Waals surface area contributed by atoms with E-state index in [0.717, 1.165) is 11.1 Å². The second-order valence-corrected chi connectivity index (χ2v) is 4.45. The van der Waals surface area contributed by atoms with E-state index in [2.05, 4.69) is 0 Å². The summed E-state index contributed by atoms with van der Waals surface area (Å²) in [6.07, 6.45) is 0.769. The van der Waals surface area contributed by atoms with Gasteiger partial charge < -0.3 is 4.74 Å². The van der Waals surface area contributed by atoms with Gasteiger partial charge in [-0.25, -0.2) is 4.39 Å². The van der Waals surface area contributed by atoms with Gasteiger partial charge in [0.05, 0.1) is 6.61 Å². The van der Waals surface area contributed by atoms with E-state index in [0.29, 0.717) is 23.6 Å². The van der Waals surface area contributed by atoms with Gasteiger partial charge in [0, 0.05) is 22.0 Å². The van der Waals surface area contributed by atoms with Crippen LogP contribution in [0, 0.1) is 5.82 Å². The zero-order valence-electron chi connectivity index (χ0n) is 8.00. The average Bonchev–Trinajstić information content (AvgIpc) is 2.66. The van der Waals surface area contributed by atoms with Gasteiger partial charge >= 0.3 is 0 Å². The van der Waals surface area contributed by atoms with E-state index < -0.39 is 0 Å². The van der Waals surface area contributed by atoms with Gasteiger partial charge in [0.1, 0.15) is 11.6 Å². The smallest absolute Gasteiger partial charge is 0.135 e. The number of fused-ring (bicyclic) bond motifs is 1. The van der Waals surface area contributed by atoms with Crippen molar-refractivity contribution in [1.29, 1.82) is 0 Å². The minimum Gasteiger partial charge on any atom is -0.493 e. The molecule has 0 aliphatic heterocycles. The molecule has 0 atom stereocenters. The molecule has 1 heterocycles. The number of benzene rings is 1. The maximum atomic E-state index is 13.5. The first-order chi connectivity index (χ1) is 7.31. The number of hydrogen-bond acceptors (Lipinski definition) is 2. The molecule has 0 saturated carbocycles. The van der Waals surface area contributed by atoms with Crippen LogP contribution in [-0.2, 0) is 0 Å².